The summed E-state index contributed by atoms with van der Waals surface area (Å²) in [5.74, 6) is -0.182. The Morgan fingerprint density at radius 1 is 1.24 bits per heavy atom. The zero-order valence-electron chi connectivity index (χ0n) is 9.47. The van der Waals surface area contributed by atoms with Crippen LogP contribution in [0, 0.1) is 6.92 Å². The average Bonchev–Trinajstić information content (AvgIpc) is 2.70. The van der Waals surface area contributed by atoms with E-state index in [2.05, 4.69) is 10.3 Å². The summed E-state index contributed by atoms with van der Waals surface area (Å²) in [6, 6.07) is 4.81. The Bertz CT molecular complexity index is 511. The summed E-state index contributed by atoms with van der Waals surface area (Å²) in [4.78, 5) is 5.44. The fourth-order valence-corrected chi connectivity index (χ4v) is 2.23. The van der Waals surface area contributed by atoms with Gasteiger partial charge in [0.1, 0.15) is 5.01 Å². The van der Waals surface area contributed by atoms with Crippen molar-refractivity contribution in [2.24, 2.45) is 0 Å². The van der Waals surface area contributed by atoms with E-state index in [0.29, 0.717) is 13.1 Å². The molecule has 0 atom stereocenters. The molecule has 90 valence electrons. The predicted molar refractivity (Wildman–Crippen MR) is 67.2 cm³/mol. The number of nitrogens with zero attached hydrogens (tertiary/aromatic N) is 1. The molecule has 0 saturated heterocycles. The molecular weight excluding hydrogens is 236 g/mol. The average molecular weight is 250 g/mol. The van der Waals surface area contributed by atoms with E-state index in [1.165, 1.54) is 10.9 Å². The number of phenolic OH excluding ortho intramolecular Hbond substituents is 2. The number of phenols is 2. The van der Waals surface area contributed by atoms with Gasteiger partial charge in [-0.05, 0) is 24.6 Å². The van der Waals surface area contributed by atoms with Crippen molar-refractivity contribution in [1.82, 2.24) is 10.3 Å². The molecule has 2 rings (SSSR count). The van der Waals surface area contributed by atoms with Crippen molar-refractivity contribution in [3.63, 3.8) is 0 Å². The molecule has 1 aromatic heterocycles. The van der Waals surface area contributed by atoms with Crippen LogP contribution in [0.2, 0.25) is 0 Å². The van der Waals surface area contributed by atoms with Gasteiger partial charge in [-0.2, -0.15) is 0 Å². The predicted octanol–water partition coefficient (Wildman–Crippen LogP) is 2.15. The van der Waals surface area contributed by atoms with Gasteiger partial charge in [-0.1, -0.05) is 6.07 Å². The van der Waals surface area contributed by atoms with E-state index >= 15 is 0 Å². The molecule has 1 aromatic carbocycles. The van der Waals surface area contributed by atoms with Crippen molar-refractivity contribution in [3.05, 3.63) is 39.8 Å². The number of aromatic nitrogens is 1. The summed E-state index contributed by atoms with van der Waals surface area (Å²) in [6.45, 7) is 3.37. The number of hydrogen-bond donors (Lipinski definition) is 3. The molecule has 0 unspecified atom stereocenters. The molecule has 17 heavy (non-hydrogen) atoms. The van der Waals surface area contributed by atoms with Crippen LogP contribution in [-0.4, -0.2) is 15.2 Å². The second kappa shape index (κ2) is 5.16. The van der Waals surface area contributed by atoms with Gasteiger partial charge in [-0.3, -0.25) is 0 Å². The molecule has 0 saturated carbocycles. The van der Waals surface area contributed by atoms with Gasteiger partial charge in [-0.15, -0.1) is 11.3 Å². The van der Waals surface area contributed by atoms with Crippen LogP contribution in [0.15, 0.2) is 24.4 Å². The summed E-state index contributed by atoms with van der Waals surface area (Å²) in [6.07, 6.45) is 1.86. The van der Waals surface area contributed by atoms with Crippen LogP contribution in [0.1, 0.15) is 15.4 Å². The number of benzene rings is 1. The van der Waals surface area contributed by atoms with Gasteiger partial charge in [0.25, 0.3) is 0 Å². The Labute approximate surface area is 104 Å². The second-order valence-corrected chi connectivity index (χ2v) is 5.11. The summed E-state index contributed by atoms with van der Waals surface area (Å²) in [7, 11) is 0. The van der Waals surface area contributed by atoms with Crippen molar-refractivity contribution < 1.29 is 10.2 Å². The fourth-order valence-electron chi connectivity index (χ4n) is 1.48. The number of rotatable bonds is 4. The molecular formula is C12H14N2O2S. The minimum atomic E-state index is -0.0932. The van der Waals surface area contributed by atoms with Crippen LogP contribution in [0.4, 0.5) is 0 Å². The molecule has 0 fully saturated rings. The van der Waals surface area contributed by atoms with Crippen molar-refractivity contribution in [2.75, 3.05) is 0 Å². The Kier molecular flexibility index (Phi) is 3.61. The quantitative estimate of drug-likeness (QED) is 0.727. The molecule has 5 heteroatoms. The van der Waals surface area contributed by atoms with E-state index in [0.717, 1.165) is 10.6 Å². The van der Waals surface area contributed by atoms with E-state index in [1.807, 2.05) is 13.1 Å². The van der Waals surface area contributed by atoms with Crippen LogP contribution in [0.3, 0.4) is 0 Å². The van der Waals surface area contributed by atoms with Crippen molar-refractivity contribution in [2.45, 2.75) is 20.0 Å². The molecule has 0 amide bonds. The smallest absolute Gasteiger partial charge is 0.157 e. The van der Waals surface area contributed by atoms with Gasteiger partial charge >= 0.3 is 0 Å². The number of hydrogen-bond acceptors (Lipinski definition) is 5. The Morgan fingerprint density at radius 2 is 2.06 bits per heavy atom. The first-order chi connectivity index (χ1) is 8.15. The van der Waals surface area contributed by atoms with Crippen LogP contribution in [-0.2, 0) is 13.1 Å². The lowest BCUT2D eigenvalue weighted by Gasteiger charge is -2.04. The number of thiazole rings is 1. The van der Waals surface area contributed by atoms with E-state index in [1.54, 1.807) is 23.5 Å². The Balaban J connectivity index is 1.87. The van der Waals surface area contributed by atoms with E-state index in [4.69, 9.17) is 0 Å². The third-order valence-electron chi connectivity index (χ3n) is 2.31. The van der Waals surface area contributed by atoms with Gasteiger partial charge in [0, 0.05) is 24.2 Å². The highest BCUT2D eigenvalue weighted by Crippen LogP contribution is 2.24. The first-order valence-corrected chi connectivity index (χ1v) is 6.09. The highest BCUT2D eigenvalue weighted by Gasteiger charge is 2.01. The third kappa shape index (κ3) is 3.18. The summed E-state index contributed by atoms with van der Waals surface area (Å²) >= 11 is 1.67. The number of aromatic hydroxyl groups is 2. The molecule has 2 aromatic rings. The van der Waals surface area contributed by atoms with Crippen LogP contribution in [0.5, 0.6) is 11.5 Å². The van der Waals surface area contributed by atoms with Crippen molar-refractivity contribution in [3.8, 4) is 11.5 Å². The van der Waals surface area contributed by atoms with Gasteiger partial charge in [0.2, 0.25) is 0 Å². The molecule has 0 bridgehead atoms. The zero-order valence-corrected chi connectivity index (χ0v) is 10.3. The number of nitrogens with one attached hydrogen (secondary N) is 1. The fraction of sp³-hybridized carbons (Fsp3) is 0.250. The first-order valence-electron chi connectivity index (χ1n) is 5.28. The maximum absolute atomic E-state index is 9.33. The highest BCUT2D eigenvalue weighted by atomic mass is 32.1. The Hall–Kier alpha value is -1.59. The standard InChI is InChI=1S/C12H14N2O2S/c1-8-5-14-12(17-8)7-13-6-9-2-3-10(15)11(16)4-9/h2-5,13,15-16H,6-7H2,1H3. The van der Waals surface area contributed by atoms with Crippen LogP contribution < -0.4 is 5.32 Å². The summed E-state index contributed by atoms with van der Waals surface area (Å²) in [5, 5.41) is 22.8. The van der Waals surface area contributed by atoms with E-state index in [9.17, 15) is 10.2 Å². The topological polar surface area (TPSA) is 65.4 Å². The molecule has 0 spiro atoms. The lowest BCUT2D eigenvalue weighted by Crippen LogP contribution is -2.12. The minimum absolute atomic E-state index is 0.0885. The normalized spacial score (nSPS) is 10.6. The molecule has 0 aliphatic carbocycles. The summed E-state index contributed by atoms with van der Waals surface area (Å²) < 4.78 is 0. The second-order valence-electron chi connectivity index (χ2n) is 3.79. The van der Waals surface area contributed by atoms with E-state index in [-0.39, 0.29) is 11.5 Å². The zero-order chi connectivity index (χ0) is 12.3. The molecule has 1 heterocycles. The van der Waals surface area contributed by atoms with Crippen LogP contribution in [0.25, 0.3) is 0 Å². The third-order valence-corrected chi connectivity index (χ3v) is 3.23. The minimum Gasteiger partial charge on any atom is -0.504 e. The van der Waals surface area contributed by atoms with Crippen molar-refractivity contribution >= 4 is 11.3 Å². The van der Waals surface area contributed by atoms with Crippen LogP contribution >= 0.6 is 11.3 Å². The van der Waals surface area contributed by atoms with Gasteiger partial charge in [0.05, 0.1) is 0 Å². The SMILES string of the molecule is Cc1cnc(CNCc2ccc(O)c(O)c2)s1. The maximum atomic E-state index is 9.33. The molecule has 0 aliphatic heterocycles. The van der Waals surface area contributed by atoms with Gasteiger partial charge < -0.3 is 15.5 Å². The van der Waals surface area contributed by atoms with Gasteiger partial charge in [0.15, 0.2) is 11.5 Å². The molecule has 3 N–H and O–H groups in total. The lowest BCUT2D eigenvalue weighted by molar-refractivity contribution is 0.403. The molecule has 4 nitrogen and oxygen atoms in total. The van der Waals surface area contributed by atoms with Crippen molar-refractivity contribution in [1.29, 1.82) is 0 Å². The molecule has 0 aliphatic rings. The highest BCUT2D eigenvalue weighted by molar-refractivity contribution is 7.11. The van der Waals surface area contributed by atoms with E-state index < -0.39 is 0 Å². The maximum Gasteiger partial charge on any atom is 0.157 e. The monoisotopic (exact) mass is 250 g/mol. The first kappa shape index (κ1) is 11.9. The number of aryl methyl sites for hydroxylation is 1. The largest absolute Gasteiger partial charge is 0.504 e. The summed E-state index contributed by atoms with van der Waals surface area (Å²) in [5.41, 5.74) is 0.925. The molecule has 0 radical (unpaired) electrons. The lowest BCUT2D eigenvalue weighted by atomic mass is 10.2. The Morgan fingerprint density at radius 3 is 2.71 bits per heavy atom. The van der Waals surface area contributed by atoms with Gasteiger partial charge in [-0.25, -0.2) is 4.98 Å².